The number of carbonyl (C=O) groups excluding carboxylic acids is 1. The monoisotopic (exact) mass is 431 g/mol. The minimum atomic E-state index is 0.0792. The van der Waals surface area contributed by atoms with Crippen LogP contribution in [0.4, 0.5) is 4.79 Å². The average molecular weight is 432 g/mol. The van der Waals surface area contributed by atoms with E-state index in [2.05, 4.69) is 15.1 Å². The van der Waals surface area contributed by atoms with E-state index in [-0.39, 0.29) is 6.03 Å². The van der Waals surface area contributed by atoms with E-state index >= 15 is 0 Å². The van der Waals surface area contributed by atoms with Crippen LogP contribution in [0.25, 0.3) is 0 Å². The van der Waals surface area contributed by atoms with Crippen LogP contribution in [0.3, 0.4) is 0 Å². The van der Waals surface area contributed by atoms with Gasteiger partial charge in [0, 0.05) is 52.3 Å². The molecule has 0 bridgehead atoms. The Morgan fingerprint density at radius 1 is 1.10 bits per heavy atom. The number of hydrogen-bond donors (Lipinski definition) is 1. The molecule has 1 heterocycles. The van der Waals surface area contributed by atoms with E-state index in [0.717, 1.165) is 52.0 Å². The third kappa shape index (κ3) is 10.3. The molecule has 2 fully saturated rings. The predicted molar refractivity (Wildman–Crippen MR) is 119 cm³/mol. The van der Waals surface area contributed by atoms with E-state index in [9.17, 15) is 4.79 Å². The quantitative estimate of drug-likeness (QED) is 0.304. The van der Waals surface area contributed by atoms with Gasteiger partial charge in [0.2, 0.25) is 0 Å². The molecule has 0 aromatic carbocycles. The lowest BCUT2D eigenvalue weighted by Crippen LogP contribution is -2.47. The summed E-state index contributed by atoms with van der Waals surface area (Å²) in [6.07, 6.45) is 12.4. The summed E-state index contributed by atoms with van der Waals surface area (Å²) in [6.45, 7) is 5.71. The zero-order valence-electron chi connectivity index (χ0n) is 18.4. The van der Waals surface area contributed by atoms with Gasteiger partial charge in [0.1, 0.15) is 6.79 Å². The van der Waals surface area contributed by atoms with Crippen LogP contribution >= 0.6 is 11.6 Å². The molecule has 0 radical (unpaired) electrons. The molecule has 2 aliphatic rings. The van der Waals surface area contributed by atoms with E-state index < -0.39 is 0 Å². The number of alkyl halides is 1. The first-order valence-electron chi connectivity index (χ1n) is 11.6. The van der Waals surface area contributed by atoms with E-state index in [0.29, 0.717) is 31.2 Å². The normalized spacial score (nSPS) is 20.2. The van der Waals surface area contributed by atoms with E-state index in [1.54, 1.807) is 7.11 Å². The largest absolute Gasteiger partial charge is 0.359 e. The van der Waals surface area contributed by atoms with Gasteiger partial charge in [-0.25, -0.2) is 4.79 Å². The molecule has 0 spiro atoms. The number of urea groups is 1. The number of rotatable bonds is 11. The lowest BCUT2D eigenvalue weighted by atomic mass is 9.91. The summed E-state index contributed by atoms with van der Waals surface area (Å²) in [7, 11) is 1.66. The van der Waals surface area contributed by atoms with Crippen LogP contribution in [0.5, 0.6) is 0 Å². The van der Waals surface area contributed by atoms with Crippen LogP contribution in [0.1, 0.15) is 64.2 Å². The molecule has 1 aliphatic heterocycles. The molecule has 1 aliphatic carbocycles. The van der Waals surface area contributed by atoms with Crippen LogP contribution in [-0.4, -0.2) is 81.0 Å². The first-order chi connectivity index (χ1) is 14.2. The number of likely N-dealkylation sites (tertiary alicyclic amines) is 1. The second-order valence-electron chi connectivity index (χ2n) is 8.55. The van der Waals surface area contributed by atoms with Crippen molar-refractivity contribution < 1.29 is 14.3 Å². The summed E-state index contributed by atoms with van der Waals surface area (Å²) in [4.78, 5) is 17.3. The zero-order chi connectivity index (χ0) is 20.7. The van der Waals surface area contributed by atoms with Crippen LogP contribution in [0, 0.1) is 5.92 Å². The van der Waals surface area contributed by atoms with Gasteiger partial charge in [-0.05, 0) is 38.0 Å². The van der Waals surface area contributed by atoms with Gasteiger partial charge in [-0.1, -0.05) is 32.1 Å². The molecule has 170 valence electrons. The van der Waals surface area contributed by atoms with Crippen molar-refractivity contribution in [2.75, 3.05) is 59.1 Å². The number of carbonyl (C=O) groups is 1. The standard InChI is InChI=1S/C22H42ClN3O3/c1-28-19-29-21-10-14-25(15-11-21)16-17-26(22(27)24-13-7-12-23)18-20-8-5-3-2-4-6-9-20/h20-21H,2-19H2,1H3,(H,24,27). The summed E-state index contributed by atoms with van der Waals surface area (Å²) in [5.41, 5.74) is 0. The molecule has 1 saturated carbocycles. The lowest BCUT2D eigenvalue weighted by Gasteiger charge is -2.34. The number of nitrogens with zero attached hydrogens (tertiary/aromatic N) is 2. The maximum absolute atomic E-state index is 12.8. The van der Waals surface area contributed by atoms with Crippen molar-refractivity contribution >= 4 is 17.6 Å². The van der Waals surface area contributed by atoms with E-state index in [1.165, 1.54) is 44.9 Å². The Kier molecular flexibility index (Phi) is 13.0. The molecular weight excluding hydrogens is 390 g/mol. The Balaban J connectivity index is 1.80. The Labute approximate surface area is 182 Å². The molecular formula is C22H42ClN3O3. The van der Waals surface area contributed by atoms with Gasteiger partial charge in [-0.2, -0.15) is 0 Å². The molecule has 7 heteroatoms. The van der Waals surface area contributed by atoms with Crippen molar-refractivity contribution in [3.63, 3.8) is 0 Å². The van der Waals surface area contributed by atoms with E-state index in [1.807, 2.05) is 0 Å². The number of halogens is 1. The first kappa shape index (κ1) is 24.7. The van der Waals surface area contributed by atoms with Gasteiger partial charge >= 0.3 is 6.03 Å². The lowest BCUT2D eigenvalue weighted by molar-refractivity contribution is -0.0887. The van der Waals surface area contributed by atoms with Crippen LogP contribution in [0.2, 0.25) is 0 Å². The fraction of sp³-hybridized carbons (Fsp3) is 0.955. The number of hydrogen-bond acceptors (Lipinski definition) is 4. The fourth-order valence-corrected chi connectivity index (χ4v) is 4.54. The van der Waals surface area contributed by atoms with Crippen molar-refractivity contribution in [2.45, 2.75) is 70.3 Å². The van der Waals surface area contributed by atoms with Crippen LogP contribution in [-0.2, 0) is 9.47 Å². The third-order valence-electron chi connectivity index (χ3n) is 6.22. The Bertz CT molecular complexity index is 426. The highest BCUT2D eigenvalue weighted by Crippen LogP contribution is 2.23. The fourth-order valence-electron chi connectivity index (χ4n) is 4.41. The molecule has 0 unspecified atom stereocenters. The molecule has 1 saturated heterocycles. The van der Waals surface area contributed by atoms with E-state index in [4.69, 9.17) is 21.1 Å². The van der Waals surface area contributed by atoms with Gasteiger partial charge in [-0.15, -0.1) is 11.6 Å². The third-order valence-corrected chi connectivity index (χ3v) is 6.49. The highest BCUT2D eigenvalue weighted by molar-refractivity contribution is 6.17. The number of nitrogens with one attached hydrogen (secondary N) is 1. The smallest absolute Gasteiger partial charge is 0.317 e. The van der Waals surface area contributed by atoms with Gasteiger partial charge in [0.25, 0.3) is 0 Å². The van der Waals surface area contributed by atoms with Gasteiger partial charge in [-0.3, -0.25) is 0 Å². The van der Waals surface area contributed by atoms with Crippen molar-refractivity contribution in [1.29, 1.82) is 0 Å². The molecule has 1 N–H and O–H groups in total. The minimum Gasteiger partial charge on any atom is -0.359 e. The first-order valence-corrected chi connectivity index (χ1v) is 12.2. The number of methoxy groups -OCH3 is 1. The molecule has 6 nitrogen and oxygen atoms in total. The van der Waals surface area contributed by atoms with Gasteiger partial charge < -0.3 is 24.6 Å². The van der Waals surface area contributed by atoms with Crippen molar-refractivity contribution in [2.24, 2.45) is 5.92 Å². The minimum absolute atomic E-state index is 0.0792. The second kappa shape index (κ2) is 15.3. The average Bonchev–Trinajstić information content (AvgIpc) is 2.71. The topological polar surface area (TPSA) is 54.0 Å². The second-order valence-corrected chi connectivity index (χ2v) is 8.92. The van der Waals surface area contributed by atoms with Crippen LogP contribution in [0.15, 0.2) is 0 Å². The molecule has 0 atom stereocenters. The predicted octanol–water partition coefficient (Wildman–Crippen LogP) is 4.07. The maximum atomic E-state index is 12.8. The Hall–Kier alpha value is -0.560. The molecule has 29 heavy (non-hydrogen) atoms. The summed E-state index contributed by atoms with van der Waals surface area (Å²) < 4.78 is 10.7. The summed E-state index contributed by atoms with van der Waals surface area (Å²) in [5, 5.41) is 3.07. The van der Waals surface area contributed by atoms with Gasteiger partial charge in [0.15, 0.2) is 0 Å². The van der Waals surface area contributed by atoms with Crippen molar-refractivity contribution in [3.8, 4) is 0 Å². The zero-order valence-corrected chi connectivity index (χ0v) is 19.1. The molecule has 0 aromatic heterocycles. The Morgan fingerprint density at radius 3 is 2.45 bits per heavy atom. The molecule has 0 aromatic rings. The number of amides is 2. The SMILES string of the molecule is COCOC1CCN(CCN(CC2CCCCCCC2)C(=O)NCCCCl)CC1. The molecule has 2 amide bonds. The molecule has 2 rings (SSSR count). The number of piperidine rings is 1. The highest BCUT2D eigenvalue weighted by atomic mass is 35.5. The van der Waals surface area contributed by atoms with Crippen molar-refractivity contribution in [1.82, 2.24) is 15.1 Å². The summed E-state index contributed by atoms with van der Waals surface area (Å²) in [5.74, 6) is 1.23. The van der Waals surface area contributed by atoms with Crippen molar-refractivity contribution in [3.05, 3.63) is 0 Å². The summed E-state index contributed by atoms with van der Waals surface area (Å²) in [6, 6.07) is 0.0792. The maximum Gasteiger partial charge on any atom is 0.317 e. The van der Waals surface area contributed by atoms with Crippen LogP contribution < -0.4 is 5.32 Å². The summed E-state index contributed by atoms with van der Waals surface area (Å²) >= 11 is 5.77. The van der Waals surface area contributed by atoms with Gasteiger partial charge in [0.05, 0.1) is 6.10 Å². The Morgan fingerprint density at radius 2 is 1.79 bits per heavy atom. The number of ether oxygens (including phenoxy) is 2. The highest BCUT2D eigenvalue weighted by Gasteiger charge is 2.23.